The quantitative estimate of drug-likeness (QED) is 0.546. The van der Waals surface area contributed by atoms with E-state index in [0.29, 0.717) is 23.9 Å². The Morgan fingerprint density at radius 2 is 1.97 bits per heavy atom. The summed E-state index contributed by atoms with van der Waals surface area (Å²) < 4.78 is 33.7. The lowest BCUT2D eigenvalue weighted by molar-refractivity contribution is -0.161. The number of ether oxygens (including phenoxy) is 3. The Kier molecular flexibility index (Phi) is 8.55. The molecule has 33 heavy (non-hydrogen) atoms. The van der Waals surface area contributed by atoms with Gasteiger partial charge in [0.05, 0.1) is 40.5 Å². The zero-order valence-electron chi connectivity index (χ0n) is 20.1. The average molecular weight is 566 g/mol. The van der Waals surface area contributed by atoms with Crippen LogP contribution in [0.4, 0.5) is 0 Å². The minimum atomic E-state index is -1.30. The Balaban J connectivity index is 1.79. The minimum absolute atomic E-state index is 0.0360. The number of rotatable bonds is 6. The summed E-state index contributed by atoms with van der Waals surface area (Å²) in [4.78, 5) is 14.8. The molecule has 186 valence electrons. The summed E-state index contributed by atoms with van der Waals surface area (Å²) in [5.41, 5.74) is 0.863. The van der Waals surface area contributed by atoms with E-state index >= 15 is 0 Å². The van der Waals surface area contributed by atoms with Gasteiger partial charge in [0.15, 0.2) is 11.9 Å². The van der Waals surface area contributed by atoms with Crippen LogP contribution in [0.1, 0.15) is 59.1 Å². The van der Waals surface area contributed by atoms with Crippen LogP contribution in [0.2, 0.25) is 5.02 Å². The lowest BCUT2D eigenvalue weighted by Gasteiger charge is -2.38. The SMILES string of the molecule is COc1cc(Br)c(Cl)cc1[C@H](N[S@@](=O)C(C)(C)C)C1CCN(C(=O)[C@H]2COC(C)(C)O2)CC1. The van der Waals surface area contributed by atoms with Crippen molar-refractivity contribution in [2.45, 2.75) is 70.1 Å². The van der Waals surface area contributed by atoms with Crippen LogP contribution in [-0.2, 0) is 25.3 Å². The molecule has 0 bridgehead atoms. The van der Waals surface area contributed by atoms with Gasteiger partial charge in [0.1, 0.15) is 5.75 Å². The molecule has 0 radical (unpaired) electrons. The van der Waals surface area contributed by atoms with Crippen LogP contribution in [0.3, 0.4) is 0 Å². The Hall–Kier alpha value is -0.710. The van der Waals surface area contributed by atoms with Crippen molar-refractivity contribution in [3.05, 3.63) is 27.2 Å². The second kappa shape index (κ2) is 10.5. The number of carbonyl (C=O) groups excluding carboxylic acids is 1. The fraction of sp³-hybridized carbons (Fsp3) is 0.696. The number of nitrogens with zero attached hydrogens (tertiary/aromatic N) is 1. The first-order valence-corrected chi connectivity index (χ1v) is 13.5. The van der Waals surface area contributed by atoms with Gasteiger partial charge in [0.2, 0.25) is 0 Å². The second-order valence-electron chi connectivity index (χ2n) is 9.96. The summed E-state index contributed by atoms with van der Waals surface area (Å²) in [5.74, 6) is 0.0453. The van der Waals surface area contributed by atoms with Crippen LogP contribution in [0.25, 0.3) is 0 Å². The first-order chi connectivity index (χ1) is 15.3. The number of likely N-dealkylation sites (tertiary alicyclic amines) is 1. The molecule has 0 saturated carbocycles. The molecule has 10 heteroatoms. The summed E-state index contributed by atoms with van der Waals surface area (Å²) in [7, 11) is 0.317. The fourth-order valence-corrected chi connectivity index (χ4v) is 5.53. The highest BCUT2D eigenvalue weighted by molar-refractivity contribution is 9.10. The van der Waals surface area contributed by atoms with E-state index < -0.39 is 27.6 Å². The van der Waals surface area contributed by atoms with E-state index in [-0.39, 0.29) is 24.5 Å². The number of halogens is 2. The highest BCUT2D eigenvalue weighted by atomic mass is 79.9. The molecular weight excluding hydrogens is 532 g/mol. The number of amides is 1. The number of hydrogen-bond donors (Lipinski definition) is 1. The molecule has 0 unspecified atom stereocenters. The minimum Gasteiger partial charge on any atom is -0.496 e. The van der Waals surface area contributed by atoms with E-state index in [2.05, 4.69) is 20.7 Å². The van der Waals surface area contributed by atoms with Crippen molar-refractivity contribution in [3.63, 3.8) is 0 Å². The van der Waals surface area contributed by atoms with Gasteiger partial charge >= 0.3 is 0 Å². The van der Waals surface area contributed by atoms with Gasteiger partial charge < -0.3 is 19.1 Å². The Morgan fingerprint density at radius 1 is 1.33 bits per heavy atom. The van der Waals surface area contributed by atoms with Gasteiger partial charge in [0, 0.05) is 23.1 Å². The number of hydrogen-bond acceptors (Lipinski definition) is 5. The standard InChI is InChI=1S/C23H34BrClN2O5S/c1-22(2,3)33(29)26-20(15-11-17(25)16(24)12-18(15)30-6)14-7-9-27(10-8-14)21(28)19-13-31-23(4,5)32-19/h11-12,14,19-20,26H,7-10,13H2,1-6H3/t19-,20-,33+/m1/s1. The third kappa shape index (κ3) is 6.49. The Morgan fingerprint density at radius 3 is 2.48 bits per heavy atom. The van der Waals surface area contributed by atoms with Crippen LogP contribution >= 0.6 is 27.5 Å². The van der Waals surface area contributed by atoms with Crippen molar-refractivity contribution in [1.29, 1.82) is 0 Å². The van der Waals surface area contributed by atoms with Crippen molar-refractivity contribution in [2.24, 2.45) is 5.92 Å². The molecule has 1 aromatic carbocycles. The van der Waals surface area contributed by atoms with E-state index in [0.717, 1.165) is 22.9 Å². The summed E-state index contributed by atoms with van der Waals surface area (Å²) in [6.07, 6.45) is 0.932. The van der Waals surface area contributed by atoms with Crippen molar-refractivity contribution < 1.29 is 23.2 Å². The molecule has 2 heterocycles. The second-order valence-corrected chi connectivity index (χ2v) is 13.2. The summed E-state index contributed by atoms with van der Waals surface area (Å²) in [5, 5.41) is 0.563. The number of nitrogens with one attached hydrogen (secondary N) is 1. The Labute approximate surface area is 212 Å². The third-order valence-corrected chi connectivity index (χ3v) is 8.78. The summed E-state index contributed by atoms with van der Waals surface area (Å²) >= 11 is 9.88. The van der Waals surface area contributed by atoms with E-state index in [9.17, 15) is 9.00 Å². The van der Waals surface area contributed by atoms with Gasteiger partial charge in [-0.3, -0.25) is 4.79 Å². The maximum Gasteiger partial charge on any atom is 0.254 e. The maximum atomic E-state index is 13.1. The molecule has 1 amide bonds. The molecule has 3 atom stereocenters. The number of methoxy groups -OCH3 is 1. The molecule has 2 fully saturated rings. The van der Waals surface area contributed by atoms with Crippen molar-refractivity contribution in [2.75, 3.05) is 26.8 Å². The van der Waals surface area contributed by atoms with Crippen LogP contribution in [0.15, 0.2) is 16.6 Å². The zero-order valence-corrected chi connectivity index (χ0v) is 23.2. The van der Waals surface area contributed by atoms with Crippen LogP contribution in [0, 0.1) is 5.92 Å². The first-order valence-electron chi connectivity index (χ1n) is 11.1. The first kappa shape index (κ1) is 26.9. The molecule has 2 saturated heterocycles. The van der Waals surface area contributed by atoms with Crippen molar-refractivity contribution in [3.8, 4) is 5.75 Å². The molecule has 0 aliphatic carbocycles. The zero-order chi connectivity index (χ0) is 24.6. The van der Waals surface area contributed by atoms with Gasteiger partial charge in [-0.15, -0.1) is 0 Å². The molecular formula is C23H34BrClN2O5S. The molecule has 1 N–H and O–H groups in total. The van der Waals surface area contributed by atoms with Gasteiger partial charge in [-0.1, -0.05) is 11.6 Å². The lowest BCUT2D eigenvalue weighted by atomic mass is 9.85. The van der Waals surface area contributed by atoms with E-state index in [1.54, 1.807) is 7.11 Å². The molecule has 0 spiro atoms. The van der Waals surface area contributed by atoms with Crippen LogP contribution < -0.4 is 9.46 Å². The van der Waals surface area contributed by atoms with E-state index in [1.807, 2.05) is 51.7 Å². The number of carbonyl (C=O) groups is 1. The lowest BCUT2D eigenvalue weighted by Crippen LogP contribution is -2.47. The summed E-state index contributed by atoms with van der Waals surface area (Å²) in [6.45, 7) is 10.9. The molecule has 1 aromatic rings. The molecule has 7 nitrogen and oxygen atoms in total. The monoisotopic (exact) mass is 564 g/mol. The molecule has 2 aliphatic heterocycles. The predicted octanol–water partition coefficient (Wildman–Crippen LogP) is 4.59. The maximum absolute atomic E-state index is 13.1. The molecule has 2 aliphatic rings. The summed E-state index contributed by atoms with van der Waals surface area (Å²) in [6, 6.07) is 3.46. The molecule has 3 rings (SSSR count). The van der Waals surface area contributed by atoms with Gasteiger partial charge in [-0.2, -0.15) is 0 Å². The normalized spacial score (nSPS) is 23.4. The number of benzene rings is 1. The fourth-order valence-electron chi connectivity index (χ4n) is 4.14. The van der Waals surface area contributed by atoms with Crippen molar-refractivity contribution in [1.82, 2.24) is 9.62 Å². The highest BCUT2D eigenvalue weighted by Crippen LogP contribution is 2.40. The van der Waals surface area contributed by atoms with E-state index in [1.165, 1.54) is 0 Å². The predicted molar refractivity (Wildman–Crippen MR) is 134 cm³/mol. The Bertz CT molecular complexity index is 900. The van der Waals surface area contributed by atoms with E-state index in [4.69, 9.17) is 25.8 Å². The van der Waals surface area contributed by atoms with Crippen molar-refractivity contribution >= 4 is 44.4 Å². The highest BCUT2D eigenvalue weighted by Gasteiger charge is 2.41. The number of piperidine rings is 1. The molecule has 0 aromatic heterocycles. The largest absolute Gasteiger partial charge is 0.496 e. The van der Waals surface area contributed by atoms with Crippen LogP contribution in [-0.4, -0.2) is 58.5 Å². The van der Waals surface area contributed by atoms with Crippen LogP contribution in [0.5, 0.6) is 5.75 Å². The van der Waals surface area contributed by atoms with Gasteiger partial charge in [-0.05, 0) is 81.4 Å². The topological polar surface area (TPSA) is 77.1 Å². The third-order valence-electron chi connectivity index (χ3n) is 6.00. The van der Waals surface area contributed by atoms with Gasteiger partial charge in [0.25, 0.3) is 5.91 Å². The smallest absolute Gasteiger partial charge is 0.254 e. The van der Waals surface area contributed by atoms with Gasteiger partial charge in [-0.25, -0.2) is 8.93 Å². The average Bonchev–Trinajstić information content (AvgIpc) is 3.12.